The van der Waals surface area contributed by atoms with Crippen molar-refractivity contribution < 1.29 is 14.6 Å². The summed E-state index contributed by atoms with van der Waals surface area (Å²) in [5.41, 5.74) is 8.03. The number of para-hydroxylation sites is 1. The fourth-order valence-corrected chi connectivity index (χ4v) is 3.74. The molecule has 2 heterocycles. The monoisotopic (exact) mass is 457 g/mol. The van der Waals surface area contributed by atoms with E-state index in [1.807, 2.05) is 43.3 Å². The normalized spacial score (nSPS) is 19.2. The number of fused-ring (bicyclic) bond motifs is 1. The van der Waals surface area contributed by atoms with Crippen molar-refractivity contribution in [3.63, 3.8) is 0 Å². The molecular weight excluding hydrogens is 438 g/mol. The van der Waals surface area contributed by atoms with Gasteiger partial charge in [0.05, 0.1) is 18.2 Å². The zero-order chi connectivity index (χ0) is 20.4. The minimum atomic E-state index is -0.530. The van der Waals surface area contributed by atoms with Crippen LogP contribution in [-0.2, 0) is 4.79 Å². The highest BCUT2D eigenvalue weighted by molar-refractivity contribution is 9.10. The molecular formula is C20H20BrN5O3. The first-order valence-electron chi connectivity index (χ1n) is 9.25. The fourth-order valence-electron chi connectivity index (χ4n) is 3.38. The molecule has 1 aromatic heterocycles. The van der Waals surface area contributed by atoms with E-state index in [0.717, 1.165) is 15.8 Å². The second kappa shape index (κ2) is 8.32. The van der Waals surface area contributed by atoms with E-state index in [2.05, 4.69) is 42.0 Å². The third-order valence-corrected chi connectivity index (χ3v) is 5.25. The van der Waals surface area contributed by atoms with Gasteiger partial charge in [-0.25, -0.2) is 10.9 Å². The number of carbonyl (C=O) groups excluding carboxylic acids is 1. The maximum Gasteiger partial charge on any atom is 0.282 e. The zero-order valence-corrected chi connectivity index (χ0v) is 17.2. The number of hydrogen-bond donors (Lipinski definition) is 4. The van der Waals surface area contributed by atoms with Gasteiger partial charge in [-0.15, -0.1) is 10.2 Å². The molecule has 1 amide bonds. The lowest BCUT2D eigenvalue weighted by atomic mass is 10.0. The third-order valence-electron chi connectivity index (χ3n) is 4.76. The summed E-state index contributed by atoms with van der Waals surface area (Å²) in [5.74, 6) is 0.242. The van der Waals surface area contributed by atoms with Crippen molar-refractivity contribution >= 4 is 38.4 Å². The molecule has 29 heavy (non-hydrogen) atoms. The maximum absolute atomic E-state index is 12.5. The Labute approximate surface area is 175 Å². The van der Waals surface area contributed by atoms with Crippen molar-refractivity contribution in [3.8, 4) is 11.6 Å². The lowest BCUT2D eigenvalue weighted by Gasteiger charge is -2.14. The van der Waals surface area contributed by atoms with Gasteiger partial charge in [-0.05, 0) is 37.6 Å². The molecule has 0 radical (unpaired) electrons. The molecule has 150 valence electrons. The van der Waals surface area contributed by atoms with Gasteiger partial charge in [-0.3, -0.25) is 4.79 Å². The van der Waals surface area contributed by atoms with Gasteiger partial charge in [-0.1, -0.05) is 34.1 Å². The molecule has 1 fully saturated rings. The number of benzene rings is 2. The molecule has 1 saturated heterocycles. The molecule has 0 saturated carbocycles. The van der Waals surface area contributed by atoms with Crippen LogP contribution < -0.4 is 15.6 Å². The number of hydrogen-bond acceptors (Lipinski definition) is 6. The summed E-state index contributed by atoms with van der Waals surface area (Å²) in [6.07, 6.45) is 0.507. The first kappa shape index (κ1) is 19.6. The molecule has 9 heteroatoms. The topological polar surface area (TPSA) is 111 Å². The second-order valence-corrected chi connectivity index (χ2v) is 7.57. The lowest BCUT2D eigenvalue weighted by Crippen LogP contribution is -2.35. The van der Waals surface area contributed by atoms with Crippen LogP contribution in [0.2, 0.25) is 0 Å². The first-order valence-corrected chi connectivity index (χ1v) is 10.0. The average molecular weight is 458 g/mol. The number of aromatic amines is 1. The molecule has 0 aliphatic carbocycles. The van der Waals surface area contributed by atoms with E-state index >= 15 is 0 Å². The van der Waals surface area contributed by atoms with Gasteiger partial charge in [0.2, 0.25) is 5.88 Å². The van der Waals surface area contributed by atoms with Crippen molar-refractivity contribution in [3.05, 3.63) is 52.5 Å². The second-order valence-electron chi connectivity index (χ2n) is 6.65. The fraction of sp³-hybridized carbons (Fsp3) is 0.250. The van der Waals surface area contributed by atoms with Crippen molar-refractivity contribution in [2.45, 2.75) is 25.4 Å². The number of ether oxygens (including phenoxy) is 1. The van der Waals surface area contributed by atoms with Crippen molar-refractivity contribution in [1.29, 1.82) is 0 Å². The van der Waals surface area contributed by atoms with E-state index in [0.29, 0.717) is 23.9 Å². The number of aromatic nitrogens is 1. The summed E-state index contributed by atoms with van der Waals surface area (Å²) in [6, 6.07) is 12.6. The van der Waals surface area contributed by atoms with Crippen LogP contribution in [0.15, 0.2) is 57.2 Å². The van der Waals surface area contributed by atoms with Crippen LogP contribution in [0.3, 0.4) is 0 Å². The minimum absolute atomic E-state index is 0.0839. The smallest absolute Gasteiger partial charge is 0.282 e. The van der Waals surface area contributed by atoms with Gasteiger partial charge in [0.15, 0.2) is 5.69 Å². The number of nitrogens with zero attached hydrogens (tertiary/aromatic N) is 2. The first-order chi connectivity index (χ1) is 14.1. The van der Waals surface area contributed by atoms with Crippen molar-refractivity contribution in [1.82, 2.24) is 15.8 Å². The van der Waals surface area contributed by atoms with Crippen LogP contribution in [-0.4, -0.2) is 28.6 Å². The highest BCUT2D eigenvalue weighted by Crippen LogP contribution is 2.37. The molecule has 1 aliphatic rings. The molecule has 2 unspecified atom stereocenters. The van der Waals surface area contributed by atoms with Gasteiger partial charge >= 0.3 is 0 Å². The van der Waals surface area contributed by atoms with Crippen LogP contribution in [0.25, 0.3) is 10.9 Å². The van der Waals surface area contributed by atoms with E-state index in [1.165, 1.54) is 0 Å². The average Bonchev–Trinajstić information content (AvgIpc) is 3.31. The standard InChI is InChI=1S/C20H20BrN5O3/c1-2-29-17-6-4-3-5-12(17)15-10-16(24-23-15)19(27)26-25-18-13-9-11(21)7-8-14(13)22-20(18)28/h3-9,15-16,22-24,28H,2,10H2,1H3. The molecule has 4 rings (SSSR count). The van der Waals surface area contributed by atoms with Crippen molar-refractivity contribution in [2.75, 3.05) is 6.61 Å². The Bertz CT molecular complexity index is 1080. The molecule has 1 aliphatic heterocycles. The summed E-state index contributed by atoms with van der Waals surface area (Å²) < 4.78 is 6.51. The number of nitrogens with one attached hydrogen (secondary N) is 3. The SMILES string of the molecule is CCOc1ccccc1C1CC(C(=O)N=Nc2c(O)[nH]c3ccc(Br)cc23)NN1. The Morgan fingerprint density at radius 3 is 2.93 bits per heavy atom. The molecule has 0 bridgehead atoms. The molecule has 0 spiro atoms. The molecule has 2 atom stereocenters. The maximum atomic E-state index is 12.5. The molecule has 3 aromatic rings. The Kier molecular flexibility index (Phi) is 5.61. The molecule has 8 nitrogen and oxygen atoms in total. The number of aromatic hydroxyl groups is 1. The predicted octanol–water partition coefficient (Wildman–Crippen LogP) is 4.25. The summed E-state index contributed by atoms with van der Waals surface area (Å²) in [5, 5.41) is 18.6. The largest absolute Gasteiger partial charge is 0.494 e. The van der Waals surface area contributed by atoms with E-state index in [-0.39, 0.29) is 17.6 Å². The molecule has 2 aromatic carbocycles. The predicted molar refractivity (Wildman–Crippen MR) is 112 cm³/mol. The zero-order valence-electron chi connectivity index (χ0n) is 15.6. The number of azo groups is 1. The number of H-pyrrole nitrogens is 1. The van der Waals surface area contributed by atoms with Crippen LogP contribution in [0.4, 0.5) is 5.69 Å². The highest BCUT2D eigenvalue weighted by Gasteiger charge is 2.31. The minimum Gasteiger partial charge on any atom is -0.494 e. The van der Waals surface area contributed by atoms with Crippen LogP contribution in [0.1, 0.15) is 24.9 Å². The Morgan fingerprint density at radius 1 is 1.28 bits per heavy atom. The van der Waals surface area contributed by atoms with Crippen LogP contribution in [0.5, 0.6) is 11.6 Å². The van der Waals surface area contributed by atoms with E-state index < -0.39 is 11.9 Å². The summed E-state index contributed by atoms with van der Waals surface area (Å²) >= 11 is 3.39. The number of carbonyl (C=O) groups is 1. The van der Waals surface area contributed by atoms with Gasteiger partial charge in [-0.2, -0.15) is 0 Å². The lowest BCUT2D eigenvalue weighted by molar-refractivity contribution is -0.120. The quantitative estimate of drug-likeness (QED) is 0.427. The Morgan fingerprint density at radius 2 is 2.10 bits per heavy atom. The van der Waals surface area contributed by atoms with Crippen LogP contribution >= 0.6 is 15.9 Å². The van der Waals surface area contributed by atoms with Gasteiger partial charge in [0, 0.05) is 15.4 Å². The molecule has 4 N–H and O–H groups in total. The van der Waals surface area contributed by atoms with Gasteiger partial charge in [0.1, 0.15) is 11.8 Å². The summed E-state index contributed by atoms with van der Waals surface area (Å²) in [4.78, 5) is 15.4. The number of rotatable bonds is 5. The Hall–Kier alpha value is -2.75. The van der Waals surface area contributed by atoms with E-state index in [1.54, 1.807) is 6.07 Å². The third kappa shape index (κ3) is 4.02. The van der Waals surface area contributed by atoms with Gasteiger partial charge in [0.25, 0.3) is 5.91 Å². The van der Waals surface area contributed by atoms with Gasteiger partial charge < -0.3 is 14.8 Å². The highest BCUT2D eigenvalue weighted by atomic mass is 79.9. The number of hydrazine groups is 1. The number of amides is 1. The van der Waals surface area contributed by atoms with E-state index in [4.69, 9.17) is 4.74 Å². The summed E-state index contributed by atoms with van der Waals surface area (Å²) in [7, 11) is 0. The van der Waals surface area contributed by atoms with Crippen molar-refractivity contribution in [2.24, 2.45) is 10.2 Å². The van der Waals surface area contributed by atoms with Crippen LogP contribution in [0, 0.1) is 0 Å². The van der Waals surface area contributed by atoms with E-state index in [9.17, 15) is 9.90 Å². The Balaban J connectivity index is 1.49. The summed E-state index contributed by atoms with van der Waals surface area (Å²) in [6.45, 7) is 2.50. The number of halogens is 1.